The molecule has 19 heavy (non-hydrogen) atoms. The Morgan fingerprint density at radius 1 is 1.37 bits per heavy atom. The molecule has 4 heteroatoms. The van der Waals surface area contributed by atoms with Crippen molar-refractivity contribution < 1.29 is 14.4 Å². The van der Waals surface area contributed by atoms with Crippen LogP contribution in [0.15, 0.2) is 43.0 Å². The van der Waals surface area contributed by atoms with E-state index in [9.17, 15) is 4.79 Å². The Morgan fingerprint density at radius 2 is 2.00 bits per heavy atom. The van der Waals surface area contributed by atoms with Crippen molar-refractivity contribution in [1.82, 2.24) is 5.48 Å². The monoisotopic (exact) mass is 263 g/mol. The summed E-state index contributed by atoms with van der Waals surface area (Å²) in [6, 6.07) is 9.83. The lowest BCUT2D eigenvalue weighted by molar-refractivity contribution is -0.00915. The highest BCUT2D eigenvalue weighted by molar-refractivity contribution is 5.66. The second kappa shape index (κ2) is 6.95. The van der Waals surface area contributed by atoms with Crippen LogP contribution in [0.3, 0.4) is 0 Å². The van der Waals surface area contributed by atoms with Crippen molar-refractivity contribution >= 4 is 6.09 Å². The smallest absolute Gasteiger partial charge is 0.431 e. The molecule has 0 radical (unpaired) electrons. The Hall–Kier alpha value is -1.81. The first kappa shape index (κ1) is 15.2. The van der Waals surface area contributed by atoms with Crippen LogP contribution in [-0.2, 0) is 9.57 Å². The molecule has 1 amide bonds. The summed E-state index contributed by atoms with van der Waals surface area (Å²) in [5.74, 6) is 0.0242. The Bertz CT molecular complexity index is 409. The van der Waals surface area contributed by atoms with Gasteiger partial charge in [-0.3, -0.25) is 4.84 Å². The summed E-state index contributed by atoms with van der Waals surface area (Å²) in [6.45, 7) is 9.47. The maximum absolute atomic E-state index is 11.4. The minimum absolute atomic E-state index is 0.0242. The highest BCUT2D eigenvalue weighted by Crippen LogP contribution is 2.16. The van der Waals surface area contributed by atoms with E-state index in [1.54, 1.807) is 26.8 Å². The predicted molar refractivity (Wildman–Crippen MR) is 74.7 cm³/mol. The van der Waals surface area contributed by atoms with E-state index in [0.717, 1.165) is 5.56 Å². The van der Waals surface area contributed by atoms with Crippen LogP contribution in [0.4, 0.5) is 4.79 Å². The maximum Gasteiger partial charge on any atom is 0.431 e. The molecule has 0 saturated carbocycles. The quantitative estimate of drug-likeness (QED) is 0.654. The molecule has 0 aliphatic carbocycles. The van der Waals surface area contributed by atoms with Gasteiger partial charge < -0.3 is 4.74 Å². The first-order valence-electron chi connectivity index (χ1n) is 6.20. The number of carbonyl (C=O) groups is 1. The second-order valence-corrected chi connectivity index (χ2v) is 5.17. The van der Waals surface area contributed by atoms with Gasteiger partial charge in [0.05, 0.1) is 6.61 Å². The lowest BCUT2D eigenvalue weighted by Crippen LogP contribution is -2.33. The average Bonchev–Trinajstić information content (AvgIpc) is 2.33. The molecule has 0 bridgehead atoms. The third kappa shape index (κ3) is 6.06. The summed E-state index contributed by atoms with van der Waals surface area (Å²) in [7, 11) is 0. The van der Waals surface area contributed by atoms with Gasteiger partial charge in [0.1, 0.15) is 5.60 Å². The van der Waals surface area contributed by atoms with Gasteiger partial charge in [-0.15, -0.1) is 6.58 Å². The Labute approximate surface area is 114 Å². The van der Waals surface area contributed by atoms with E-state index in [1.165, 1.54) is 0 Å². The molecule has 0 spiro atoms. The molecule has 1 atom stereocenters. The summed E-state index contributed by atoms with van der Waals surface area (Å²) in [4.78, 5) is 16.5. The summed E-state index contributed by atoms with van der Waals surface area (Å²) in [5, 5.41) is 0. The average molecular weight is 263 g/mol. The van der Waals surface area contributed by atoms with Crippen LogP contribution >= 0.6 is 0 Å². The number of amides is 1. The minimum Gasteiger partial charge on any atom is -0.442 e. The third-order valence-corrected chi connectivity index (χ3v) is 2.33. The van der Waals surface area contributed by atoms with E-state index in [-0.39, 0.29) is 5.92 Å². The molecule has 0 aromatic heterocycles. The number of ether oxygens (including phenoxy) is 1. The van der Waals surface area contributed by atoms with Gasteiger partial charge in [0, 0.05) is 5.92 Å². The molecular formula is C15H21NO3. The van der Waals surface area contributed by atoms with Gasteiger partial charge in [-0.05, 0) is 26.3 Å². The topological polar surface area (TPSA) is 47.6 Å². The number of nitrogens with one attached hydrogen (secondary N) is 1. The molecular weight excluding hydrogens is 242 g/mol. The fraction of sp³-hybridized carbons (Fsp3) is 0.400. The number of hydroxylamine groups is 1. The second-order valence-electron chi connectivity index (χ2n) is 5.17. The maximum atomic E-state index is 11.4. The van der Waals surface area contributed by atoms with Gasteiger partial charge in [0.15, 0.2) is 0 Å². The van der Waals surface area contributed by atoms with Crippen LogP contribution in [0.1, 0.15) is 32.3 Å². The van der Waals surface area contributed by atoms with Gasteiger partial charge >= 0.3 is 6.09 Å². The van der Waals surface area contributed by atoms with Gasteiger partial charge in [0.2, 0.25) is 0 Å². The molecule has 0 heterocycles. The van der Waals surface area contributed by atoms with Crippen molar-refractivity contribution in [1.29, 1.82) is 0 Å². The van der Waals surface area contributed by atoms with Crippen LogP contribution in [0.5, 0.6) is 0 Å². The van der Waals surface area contributed by atoms with E-state index in [0.29, 0.717) is 6.61 Å². The van der Waals surface area contributed by atoms with E-state index in [2.05, 4.69) is 12.1 Å². The zero-order valence-electron chi connectivity index (χ0n) is 11.7. The van der Waals surface area contributed by atoms with E-state index < -0.39 is 11.7 Å². The van der Waals surface area contributed by atoms with E-state index in [1.807, 2.05) is 30.3 Å². The van der Waals surface area contributed by atoms with Gasteiger partial charge in [0.25, 0.3) is 0 Å². The zero-order chi connectivity index (χ0) is 14.3. The standard InChI is InChI=1S/C15H21NO3/c1-5-12(13-9-7-6-8-10-13)11-18-16-14(17)19-15(2,3)4/h5-10,12H,1,11H2,2-4H3,(H,16,17). The molecule has 1 rings (SSSR count). The first-order chi connectivity index (χ1) is 8.92. The van der Waals surface area contributed by atoms with Gasteiger partial charge in [-0.2, -0.15) is 5.48 Å². The van der Waals surface area contributed by atoms with Crippen molar-refractivity contribution in [3.8, 4) is 0 Å². The zero-order valence-corrected chi connectivity index (χ0v) is 11.7. The number of rotatable bonds is 5. The van der Waals surface area contributed by atoms with Crippen LogP contribution in [0, 0.1) is 0 Å². The first-order valence-corrected chi connectivity index (χ1v) is 6.20. The highest BCUT2D eigenvalue weighted by Gasteiger charge is 2.16. The Balaban J connectivity index is 2.39. The van der Waals surface area contributed by atoms with Gasteiger partial charge in [-0.1, -0.05) is 36.4 Å². The number of benzene rings is 1. The molecule has 0 fully saturated rings. The van der Waals surface area contributed by atoms with Crippen molar-refractivity contribution in [2.24, 2.45) is 0 Å². The van der Waals surface area contributed by atoms with Crippen molar-refractivity contribution in [2.75, 3.05) is 6.61 Å². The number of hydrogen-bond donors (Lipinski definition) is 1. The molecule has 1 aromatic rings. The molecule has 104 valence electrons. The van der Waals surface area contributed by atoms with Crippen molar-refractivity contribution in [3.63, 3.8) is 0 Å². The summed E-state index contributed by atoms with van der Waals surface area (Å²) in [6.07, 6.45) is 1.19. The predicted octanol–water partition coefficient (Wildman–Crippen LogP) is 3.41. The fourth-order valence-corrected chi connectivity index (χ4v) is 1.49. The van der Waals surface area contributed by atoms with Crippen LogP contribution in [0.2, 0.25) is 0 Å². The largest absolute Gasteiger partial charge is 0.442 e. The van der Waals surface area contributed by atoms with E-state index >= 15 is 0 Å². The Morgan fingerprint density at radius 3 is 2.53 bits per heavy atom. The van der Waals surface area contributed by atoms with Crippen molar-refractivity contribution in [3.05, 3.63) is 48.6 Å². The Kier molecular flexibility index (Phi) is 5.57. The molecule has 0 saturated heterocycles. The summed E-state index contributed by atoms with van der Waals surface area (Å²) < 4.78 is 5.06. The van der Waals surface area contributed by atoms with E-state index in [4.69, 9.17) is 9.57 Å². The normalized spacial score (nSPS) is 12.6. The highest BCUT2D eigenvalue weighted by atomic mass is 16.7. The molecule has 0 aliphatic heterocycles. The van der Waals surface area contributed by atoms with Crippen LogP contribution in [-0.4, -0.2) is 18.3 Å². The van der Waals surface area contributed by atoms with Crippen LogP contribution in [0.25, 0.3) is 0 Å². The number of carbonyl (C=O) groups excluding carboxylic acids is 1. The molecule has 4 nitrogen and oxygen atoms in total. The summed E-state index contributed by atoms with van der Waals surface area (Å²) >= 11 is 0. The SMILES string of the molecule is C=CC(CONC(=O)OC(C)(C)C)c1ccccc1. The number of hydrogen-bond acceptors (Lipinski definition) is 3. The minimum atomic E-state index is -0.594. The molecule has 0 aliphatic rings. The lowest BCUT2D eigenvalue weighted by Gasteiger charge is -2.20. The van der Waals surface area contributed by atoms with Crippen molar-refractivity contribution in [2.45, 2.75) is 32.3 Å². The van der Waals surface area contributed by atoms with Gasteiger partial charge in [-0.25, -0.2) is 4.79 Å². The molecule has 1 unspecified atom stereocenters. The third-order valence-electron chi connectivity index (χ3n) is 2.33. The lowest BCUT2D eigenvalue weighted by atomic mass is 10.0. The fourth-order valence-electron chi connectivity index (χ4n) is 1.49. The summed E-state index contributed by atoms with van der Waals surface area (Å²) in [5.41, 5.74) is 2.81. The van der Waals surface area contributed by atoms with Crippen LogP contribution < -0.4 is 5.48 Å². The molecule has 1 aromatic carbocycles. The molecule has 1 N–H and O–H groups in total.